The van der Waals surface area contributed by atoms with Crippen molar-refractivity contribution in [3.05, 3.63) is 54.6 Å². The molecule has 18 heavy (non-hydrogen) atoms. The number of aryl methyl sites for hydroxylation is 1. The highest BCUT2D eigenvalue weighted by molar-refractivity contribution is 5.94. The van der Waals surface area contributed by atoms with E-state index in [9.17, 15) is 9.59 Å². The number of esters is 2. The first-order valence-corrected chi connectivity index (χ1v) is 5.31. The molecule has 0 radical (unpaired) electrons. The molecule has 0 aromatic heterocycles. The van der Waals surface area contributed by atoms with Crippen LogP contribution in [0.4, 0.5) is 0 Å². The summed E-state index contributed by atoms with van der Waals surface area (Å²) in [4.78, 5) is 22.9. The average Bonchev–Trinajstić information content (AvgIpc) is 2.36. The van der Waals surface area contributed by atoms with Gasteiger partial charge < -0.3 is 9.47 Å². The van der Waals surface area contributed by atoms with Crippen LogP contribution in [0, 0.1) is 6.92 Å². The Kier molecular flexibility index (Phi) is 4.87. The maximum Gasteiger partial charge on any atom is 0.342 e. The number of carbonyl (C=O) groups is 2. The van der Waals surface area contributed by atoms with Gasteiger partial charge in [-0.1, -0.05) is 25.3 Å². The molecule has 0 N–H and O–H groups in total. The smallest absolute Gasteiger partial charge is 0.342 e. The summed E-state index contributed by atoms with van der Waals surface area (Å²) in [5.41, 5.74) is 1.06. The second-order valence-electron chi connectivity index (χ2n) is 3.51. The quantitative estimate of drug-likeness (QED) is 0.346. The monoisotopic (exact) mass is 246 g/mol. The minimum absolute atomic E-state index is 0.0988. The van der Waals surface area contributed by atoms with E-state index in [-0.39, 0.29) is 17.9 Å². The van der Waals surface area contributed by atoms with E-state index in [0.717, 1.165) is 11.6 Å². The summed E-state index contributed by atoms with van der Waals surface area (Å²) in [5, 5.41) is 0. The summed E-state index contributed by atoms with van der Waals surface area (Å²) in [6.07, 6.45) is 2.49. The van der Waals surface area contributed by atoms with Crippen molar-refractivity contribution in [3.63, 3.8) is 0 Å². The Bertz CT molecular complexity index is 489. The van der Waals surface area contributed by atoms with Crippen molar-refractivity contribution < 1.29 is 19.1 Å². The number of hydrogen-bond acceptors (Lipinski definition) is 4. The normalized spacial score (nSPS) is 9.39. The highest BCUT2D eigenvalue weighted by Gasteiger charge is 2.15. The van der Waals surface area contributed by atoms with Gasteiger partial charge in [0.05, 0.1) is 0 Å². The van der Waals surface area contributed by atoms with Crippen molar-refractivity contribution in [2.45, 2.75) is 6.92 Å². The van der Waals surface area contributed by atoms with Gasteiger partial charge in [-0.15, -0.1) is 0 Å². The Balaban J connectivity index is 3.02. The molecule has 0 saturated heterocycles. The largest absolute Gasteiger partial charge is 0.458 e. The molecular formula is C14H14O4. The Labute approximate surface area is 106 Å². The summed E-state index contributed by atoms with van der Waals surface area (Å²) < 4.78 is 9.89. The fraction of sp³-hybridized carbons (Fsp3) is 0.143. The van der Waals surface area contributed by atoms with Gasteiger partial charge in [0.15, 0.2) is 0 Å². The zero-order valence-electron chi connectivity index (χ0n) is 10.1. The van der Waals surface area contributed by atoms with Crippen LogP contribution in [0.3, 0.4) is 0 Å². The lowest BCUT2D eigenvalue weighted by Crippen LogP contribution is -2.11. The molecule has 0 atom stereocenters. The van der Waals surface area contributed by atoms with E-state index >= 15 is 0 Å². The third kappa shape index (κ3) is 3.59. The summed E-state index contributed by atoms with van der Waals surface area (Å²) >= 11 is 0. The zero-order chi connectivity index (χ0) is 13.5. The van der Waals surface area contributed by atoms with E-state index in [1.807, 2.05) is 6.92 Å². The van der Waals surface area contributed by atoms with Crippen LogP contribution < -0.4 is 4.74 Å². The Morgan fingerprint density at radius 3 is 2.67 bits per heavy atom. The first kappa shape index (κ1) is 13.7. The number of carbonyl (C=O) groups excluding carboxylic acids is 2. The molecule has 0 spiro atoms. The molecule has 1 aromatic carbocycles. The maximum atomic E-state index is 11.7. The van der Waals surface area contributed by atoms with Crippen LogP contribution in [0.25, 0.3) is 0 Å². The number of ether oxygens (including phenoxy) is 2. The molecule has 0 aliphatic carbocycles. The Hall–Kier alpha value is -2.36. The van der Waals surface area contributed by atoms with Crippen molar-refractivity contribution in [1.82, 2.24) is 0 Å². The highest BCUT2D eigenvalue weighted by atomic mass is 16.5. The maximum absolute atomic E-state index is 11.7. The van der Waals surface area contributed by atoms with E-state index in [4.69, 9.17) is 9.47 Å². The molecule has 4 heteroatoms. The fourth-order valence-corrected chi connectivity index (χ4v) is 1.25. The van der Waals surface area contributed by atoms with Crippen LogP contribution in [0.2, 0.25) is 0 Å². The molecule has 1 aromatic rings. The molecule has 0 saturated carbocycles. The van der Waals surface area contributed by atoms with Crippen molar-refractivity contribution in [1.29, 1.82) is 0 Å². The van der Waals surface area contributed by atoms with Gasteiger partial charge in [0, 0.05) is 6.08 Å². The topological polar surface area (TPSA) is 52.6 Å². The van der Waals surface area contributed by atoms with E-state index in [1.165, 1.54) is 6.08 Å². The van der Waals surface area contributed by atoms with E-state index in [1.54, 1.807) is 18.2 Å². The van der Waals surface area contributed by atoms with Crippen LogP contribution in [0.5, 0.6) is 5.75 Å². The van der Waals surface area contributed by atoms with E-state index in [2.05, 4.69) is 13.2 Å². The molecule has 0 aliphatic heterocycles. The Morgan fingerprint density at radius 1 is 1.33 bits per heavy atom. The number of rotatable bonds is 5. The van der Waals surface area contributed by atoms with E-state index < -0.39 is 11.9 Å². The first-order chi connectivity index (χ1) is 8.58. The number of hydrogen-bond donors (Lipinski definition) is 0. The molecule has 0 bridgehead atoms. The van der Waals surface area contributed by atoms with Crippen LogP contribution >= 0.6 is 0 Å². The van der Waals surface area contributed by atoms with Gasteiger partial charge in [-0.05, 0) is 24.6 Å². The molecule has 4 nitrogen and oxygen atoms in total. The first-order valence-electron chi connectivity index (χ1n) is 5.31. The van der Waals surface area contributed by atoms with Gasteiger partial charge in [-0.25, -0.2) is 9.59 Å². The lowest BCUT2D eigenvalue weighted by Gasteiger charge is -2.09. The molecule has 0 aliphatic rings. The highest BCUT2D eigenvalue weighted by Crippen LogP contribution is 2.21. The molecule has 0 heterocycles. The summed E-state index contributed by atoms with van der Waals surface area (Å²) in [6, 6.07) is 4.87. The molecule has 94 valence electrons. The number of benzene rings is 1. The van der Waals surface area contributed by atoms with Gasteiger partial charge in [-0.2, -0.15) is 0 Å². The van der Waals surface area contributed by atoms with Gasteiger partial charge in [-0.3, -0.25) is 0 Å². The third-order valence-corrected chi connectivity index (χ3v) is 2.07. The van der Waals surface area contributed by atoms with E-state index in [0.29, 0.717) is 0 Å². The predicted molar refractivity (Wildman–Crippen MR) is 67.5 cm³/mol. The zero-order valence-corrected chi connectivity index (χ0v) is 10.1. The molecule has 0 fully saturated rings. The van der Waals surface area contributed by atoms with Gasteiger partial charge in [0.2, 0.25) is 0 Å². The molecular weight excluding hydrogens is 232 g/mol. The van der Waals surface area contributed by atoms with Crippen molar-refractivity contribution >= 4 is 11.9 Å². The predicted octanol–water partition coefficient (Wildman–Crippen LogP) is 2.43. The molecule has 0 unspecified atom stereocenters. The van der Waals surface area contributed by atoms with Crippen LogP contribution in [0.1, 0.15) is 15.9 Å². The standard InChI is InChI=1S/C14H14O4/c1-4-8-17-14(16)11-7-6-10(3)9-12(11)18-13(15)5-2/h4-7,9H,1-2,8H2,3H3. The van der Waals surface area contributed by atoms with Crippen LogP contribution in [-0.2, 0) is 9.53 Å². The summed E-state index contributed by atoms with van der Waals surface area (Å²) in [5.74, 6) is -1.03. The SMILES string of the molecule is C=CCOC(=O)c1ccc(C)cc1OC(=O)C=C. The minimum atomic E-state index is -0.627. The molecule has 0 amide bonds. The summed E-state index contributed by atoms with van der Waals surface area (Å²) in [6.45, 7) is 8.67. The molecule has 1 rings (SSSR count). The minimum Gasteiger partial charge on any atom is -0.458 e. The fourth-order valence-electron chi connectivity index (χ4n) is 1.25. The van der Waals surface area contributed by atoms with Gasteiger partial charge >= 0.3 is 11.9 Å². The van der Waals surface area contributed by atoms with Gasteiger partial charge in [0.25, 0.3) is 0 Å². The lowest BCUT2D eigenvalue weighted by atomic mass is 10.1. The van der Waals surface area contributed by atoms with Crippen molar-refractivity contribution in [2.24, 2.45) is 0 Å². The Morgan fingerprint density at radius 2 is 2.06 bits per heavy atom. The third-order valence-electron chi connectivity index (χ3n) is 2.07. The van der Waals surface area contributed by atoms with Crippen LogP contribution in [0.15, 0.2) is 43.5 Å². The summed E-state index contributed by atoms with van der Waals surface area (Å²) in [7, 11) is 0. The van der Waals surface area contributed by atoms with Crippen molar-refractivity contribution in [2.75, 3.05) is 6.61 Å². The van der Waals surface area contributed by atoms with Crippen molar-refractivity contribution in [3.8, 4) is 5.75 Å². The second kappa shape index (κ2) is 6.39. The van der Waals surface area contributed by atoms with Crippen LogP contribution in [-0.4, -0.2) is 18.5 Å². The van der Waals surface area contributed by atoms with Gasteiger partial charge in [0.1, 0.15) is 17.9 Å². The second-order valence-corrected chi connectivity index (χ2v) is 3.51. The average molecular weight is 246 g/mol. The lowest BCUT2D eigenvalue weighted by molar-refractivity contribution is -0.128.